The number of hydrogen-bond donors (Lipinski definition) is 2. The number of aryl methyl sites for hydroxylation is 1. The first-order valence-corrected chi connectivity index (χ1v) is 5.88. The molecule has 2 aromatic rings. The van der Waals surface area contributed by atoms with E-state index in [2.05, 4.69) is 22.2 Å². The van der Waals surface area contributed by atoms with Gasteiger partial charge in [0.25, 0.3) is 0 Å². The molecule has 0 radical (unpaired) electrons. The quantitative estimate of drug-likeness (QED) is 0.758. The Balaban J connectivity index is 2.12. The van der Waals surface area contributed by atoms with Gasteiger partial charge >= 0.3 is 0 Å². The van der Waals surface area contributed by atoms with Gasteiger partial charge in [0.1, 0.15) is 0 Å². The van der Waals surface area contributed by atoms with Gasteiger partial charge in [0.2, 0.25) is 0 Å². The van der Waals surface area contributed by atoms with Gasteiger partial charge in [0.15, 0.2) is 11.5 Å². The molecule has 3 N–H and O–H groups in total. The van der Waals surface area contributed by atoms with E-state index < -0.39 is 0 Å². The lowest BCUT2D eigenvalue weighted by Gasteiger charge is -2.07. The van der Waals surface area contributed by atoms with Crippen LogP contribution in [-0.2, 0) is 0 Å². The van der Waals surface area contributed by atoms with Gasteiger partial charge in [-0.05, 0) is 13.3 Å². The summed E-state index contributed by atoms with van der Waals surface area (Å²) >= 11 is 0. The fourth-order valence-corrected chi connectivity index (χ4v) is 1.90. The number of nitrogens with two attached hydrogens (primary N) is 1. The average Bonchev–Trinajstić information content (AvgIpc) is 2.76. The molecule has 1 atom stereocenters. The van der Waals surface area contributed by atoms with Crippen molar-refractivity contribution in [3.63, 3.8) is 0 Å². The third-order valence-corrected chi connectivity index (χ3v) is 2.80. The molecule has 2 aromatic heterocycles. The molecule has 0 bridgehead atoms. The molecule has 16 heavy (non-hydrogen) atoms. The van der Waals surface area contributed by atoms with Gasteiger partial charge in [0.05, 0.1) is 6.04 Å². The van der Waals surface area contributed by atoms with Gasteiger partial charge in [-0.25, -0.2) is 4.52 Å². The highest BCUT2D eigenvalue weighted by atomic mass is 15.4. The van der Waals surface area contributed by atoms with Crippen molar-refractivity contribution in [2.75, 3.05) is 0 Å². The highest BCUT2D eigenvalue weighted by Gasteiger charge is 2.14. The summed E-state index contributed by atoms with van der Waals surface area (Å²) in [7, 11) is 0. The van der Waals surface area contributed by atoms with E-state index in [0.29, 0.717) is 0 Å². The van der Waals surface area contributed by atoms with Crippen molar-refractivity contribution >= 4 is 5.65 Å². The Bertz CT molecular complexity index is 456. The van der Waals surface area contributed by atoms with Crippen molar-refractivity contribution in [2.24, 2.45) is 5.73 Å². The van der Waals surface area contributed by atoms with E-state index in [1.165, 1.54) is 12.8 Å². The van der Waals surface area contributed by atoms with Crippen LogP contribution in [0.5, 0.6) is 0 Å². The lowest BCUT2D eigenvalue weighted by Crippen LogP contribution is -2.14. The third-order valence-electron chi connectivity index (χ3n) is 2.80. The smallest absolute Gasteiger partial charge is 0.177 e. The van der Waals surface area contributed by atoms with Gasteiger partial charge in [-0.3, -0.25) is 5.10 Å². The zero-order valence-corrected chi connectivity index (χ0v) is 9.90. The number of aromatic nitrogens is 4. The van der Waals surface area contributed by atoms with Crippen LogP contribution in [0.15, 0.2) is 6.07 Å². The first-order chi connectivity index (χ1) is 7.72. The normalized spacial score (nSPS) is 13.4. The van der Waals surface area contributed by atoms with Crippen LogP contribution >= 0.6 is 0 Å². The second kappa shape index (κ2) is 4.65. The summed E-state index contributed by atoms with van der Waals surface area (Å²) in [5, 5.41) is 11.4. The minimum absolute atomic E-state index is 0.0281. The van der Waals surface area contributed by atoms with Crippen molar-refractivity contribution < 1.29 is 0 Å². The van der Waals surface area contributed by atoms with Gasteiger partial charge in [-0.2, -0.15) is 0 Å². The predicted octanol–water partition coefficient (Wildman–Crippen LogP) is 1.95. The standard InChI is InChI=1S/C11H19N5/c1-3-4-5-6-9(12)11-14-13-10-7-8(2)15-16(10)11/h7,9,15H,3-6,12H2,1-2H3. The number of nitrogens with one attached hydrogen (secondary N) is 1. The van der Waals surface area contributed by atoms with E-state index in [1.807, 2.05) is 17.5 Å². The molecule has 0 aromatic carbocycles. The molecule has 5 heteroatoms. The van der Waals surface area contributed by atoms with E-state index >= 15 is 0 Å². The first-order valence-electron chi connectivity index (χ1n) is 5.88. The minimum Gasteiger partial charge on any atom is -0.321 e. The number of unbranched alkanes of at least 4 members (excludes halogenated alkanes) is 2. The molecule has 0 aliphatic rings. The Morgan fingerprint density at radius 2 is 2.25 bits per heavy atom. The Labute approximate surface area is 95.0 Å². The third kappa shape index (κ3) is 2.09. The highest BCUT2D eigenvalue weighted by molar-refractivity contribution is 5.38. The molecule has 0 saturated carbocycles. The molecule has 0 spiro atoms. The average molecular weight is 221 g/mol. The van der Waals surface area contributed by atoms with Crippen LogP contribution < -0.4 is 5.73 Å². The van der Waals surface area contributed by atoms with Crippen molar-refractivity contribution in [1.82, 2.24) is 19.8 Å². The Morgan fingerprint density at radius 1 is 1.44 bits per heavy atom. The summed E-state index contributed by atoms with van der Waals surface area (Å²) < 4.78 is 1.88. The number of H-pyrrole nitrogens is 1. The summed E-state index contributed by atoms with van der Waals surface area (Å²) in [4.78, 5) is 0. The monoisotopic (exact) mass is 221 g/mol. The Hall–Kier alpha value is -1.36. The van der Waals surface area contributed by atoms with Crippen molar-refractivity contribution in [3.8, 4) is 0 Å². The van der Waals surface area contributed by atoms with Crippen LogP contribution in [0, 0.1) is 6.92 Å². The van der Waals surface area contributed by atoms with Gasteiger partial charge in [0, 0.05) is 11.8 Å². The summed E-state index contributed by atoms with van der Waals surface area (Å²) in [5.74, 6) is 0.833. The lowest BCUT2D eigenvalue weighted by molar-refractivity contribution is 0.546. The topological polar surface area (TPSA) is 72.0 Å². The van der Waals surface area contributed by atoms with E-state index in [9.17, 15) is 0 Å². The van der Waals surface area contributed by atoms with Gasteiger partial charge in [-0.1, -0.05) is 26.2 Å². The molecule has 2 rings (SSSR count). The van der Waals surface area contributed by atoms with Crippen molar-refractivity contribution in [2.45, 2.75) is 45.6 Å². The number of aromatic amines is 1. The number of fused-ring (bicyclic) bond motifs is 1. The maximum absolute atomic E-state index is 6.11. The fourth-order valence-electron chi connectivity index (χ4n) is 1.90. The molecule has 0 aliphatic heterocycles. The van der Waals surface area contributed by atoms with Crippen LogP contribution in [0.2, 0.25) is 0 Å². The lowest BCUT2D eigenvalue weighted by atomic mass is 10.1. The Morgan fingerprint density at radius 3 is 3.00 bits per heavy atom. The second-order valence-corrected chi connectivity index (χ2v) is 4.29. The van der Waals surface area contributed by atoms with Gasteiger partial charge < -0.3 is 5.73 Å². The molecule has 1 unspecified atom stereocenters. The van der Waals surface area contributed by atoms with E-state index in [4.69, 9.17) is 5.73 Å². The van der Waals surface area contributed by atoms with Crippen LogP contribution in [0.25, 0.3) is 5.65 Å². The predicted molar refractivity (Wildman–Crippen MR) is 63.1 cm³/mol. The second-order valence-electron chi connectivity index (χ2n) is 4.29. The maximum Gasteiger partial charge on any atom is 0.177 e. The van der Waals surface area contributed by atoms with E-state index in [-0.39, 0.29) is 6.04 Å². The number of hydrogen-bond acceptors (Lipinski definition) is 3. The van der Waals surface area contributed by atoms with Gasteiger partial charge in [-0.15, -0.1) is 10.2 Å². The first kappa shape index (κ1) is 11.1. The van der Waals surface area contributed by atoms with Crippen LogP contribution in [-0.4, -0.2) is 19.8 Å². The molecule has 0 aliphatic carbocycles. The molecule has 0 saturated heterocycles. The maximum atomic E-state index is 6.11. The molecule has 88 valence electrons. The largest absolute Gasteiger partial charge is 0.321 e. The van der Waals surface area contributed by atoms with E-state index in [0.717, 1.165) is 30.0 Å². The molecule has 0 amide bonds. The summed E-state index contributed by atoms with van der Waals surface area (Å²) in [6, 6.07) is 1.94. The number of rotatable bonds is 5. The zero-order valence-electron chi connectivity index (χ0n) is 9.90. The van der Waals surface area contributed by atoms with Crippen molar-refractivity contribution in [1.29, 1.82) is 0 Å². The molecule has 0 fully saturated rings. The fraction of sp³-hybridized carbons (Fsp3) is 0.636. The minimum atomic E-state index is -0.0281. The highest BCUT2D eigenvalue weighted by Crippen LogP contribution is 2.16. The summed E-state index contributed by atoms with van der Waals surface area (Å²) in [5.41, 5.74) is 8.03. The Kier molecular flexibility index (Phi) is 3.24. The summed E-state index contributed by atoms with van der Waals surface area (Å²) in [6.07, 6.45) is 4.54. The zero-order chi connectivity index (χ0) is 11.5. The van der Waals surface area contributed by atoms with Crippen LogP contribution in [0.4, 0.5) is 0 Å². The number of nitrogens with zero attached hydrogens (tertiary/aromatic N) is 3. The molecular weight excluding hydrogens is 202 g/mol. The molecule has 5 nitrogen and oxygen atoms in total. The van der Waals surface area contributed by atoms with Crippen LogP contribution in [0.3, 0.4) is 0 Å². The van der Waals surface area contributed by atoms with Crippen LogP contribution in [0.1, 0.15) is 50.2 Å². The van der Waals surface area contributed by atoms with E-state index in [1.54, 1.807) is 0 Å². The molecule has 2 heterocycles. The van der Waals surface area contributed by atoms with Crippen molar-refractivity contribution in [3.05, 3.63) is 17.6 Å². The SMILES string of the molecule is CCCCCC(N)c1nnc2cc(C)[nH]n12. The summed E-state index contributed by atoms with van der Waals surface area (Å²) in [6.45, 7) is 4.19. The molecular formula is C11H19N5.